The summed E-state index contributed by atoms with van der Waals surface area (Å²) in [6.45, 7) is 6.35. The summed E-state index contributed by atoms with van der Waals surface area (Å²) in [7, 11) is 1.60. The molecule has 1 saturated heterocycles. The van der Waals surface area contributed by atoms with Crippen LogP contribution in [0.2, 0.25) is 0 Å². The lowest BCUT2D eigenvalue weighted by molar-refractivity contribution is -0.123. The van der Waals surface area contributed by atoms with Crippen molar-refractivity contribution in [2.75, 3.05) is 45.3 Å². The Bertz CT molecular complexity index is 724. The van der Waals surface area contributed by atoms with Crippen LogP contribution in [0.15, 0.2) is 24.3 Å². The number of anilines is 1. The topological polar surface area (TPSA) is 97.0 Å². The van der Waals surface area contributed by atoms with Crippen LogP contribution in [0.4, 0.5) is 10.5 Å². The van der Waals surface area contributed by atoms with Gasteiger partial charge in [0.25, 0.3) is 0 Å². The van der Waals surface area contributed by atoms with Gasteiger partial charge in [-0.25, -0.2) is 9.59 Å². The molecular formula is C22H33N3O5. The number of carbonyl (C=O) groups is 3. The second-order valence-corrected chi connectivity index (χ2v) is 7.44. The molecule has 0 aliphatic carbocycles. The predicted octanol–water partition coefficient (Wildman–Crippen LogP) is 2.90. The van der Waals surface area contributed by atoms with Crippen molar-refractivity contribution in [1.82, 2.24) is 10.2 Å². The molecule has 0 aromatic heterocycles. The summed E-state index contributed by atoms with van der Waals surface area (Å²) in [5.74, 6) is 0.144. The van der Waals surface area contributed by atoms with E-state index >= 15 is 0 Å². The Morgan fingerprint density at radius 3 is 2.70 bits per heavy atom. The summed E-state index contributed by atoms with van der Waals surface area (Å²) in [6.07, 6.45) is 2.16. The molecule has 0 unspecified atom stereocenters. The number of piperidine rings is 1. The maximum atomic E-state index is 12.7. The van der Waals surface area contributed by atoms with Crippen LogP contribution in [0.3, 0.4) is 0 Å². The van der Waals surface area contributed by atoms with Crippen LogP contribution in [0, 0.1) is 11.8 Å². The highest BCUT2D eigenvalue weighted by Gasteiger charge is 2.31. The van der Waals surface area contributed by atoms with E-state index < -0.39 is 5.97 Å². The first-order chi connectivity index (χ1) is 14.5. The van der Waals surface area contributed by atoms with Crippen LogP contribution in [-0.4, -0.2) is 62.8 Å². The molecule has 2 atom stereocenters. The number of nitrogens with zero attached hydrogens (tertiary/aromatic N) is 1. The highest BCUT2D eigenvalue weighted by atomic mass is 16.5. The lowest BCUT2D eigenvalue weighted by Crippen LogP contribution is -2.46. The van der Waals surface area contributed by atoms with Crippen molar-refractivity contribution in [2.45, 2.75) is 33.1 Å². The van der Waals surface area contributed by atoms with Gasteiger partial charge in [-0.1, -0.05) is 19.4 Å². The first-order valence-corrected chi connectivity index (χ1v) is 10.6. The van der Waals surface area contributed by atoms with Gasteiger partial charge in [0.05, 0.1) is 18.8 Å². The van der Waals surface area contributed by atoms with Gasteiger partial charge in [-0.3, -0.25) is 4.79 Å². The summed E-state index contributed by atoms with van der Waals surface area (Å²) in [5, 5.41) is 5.74. The minimum atomic E-state index is -0.413. The van der Waals surface area contributed by atoms with Crippen LogP contribution < -0.4 is 10.6 Å². The van der Waals surface area contributed by atoms with E-state index in [4.69, 9.17) is 9.47 Å². The van der Waals surface area contributed by atoms with Crippen molar-refractivity contribution in [3.63, 3.8) is 0 Å². The third kappa shape index (κ3) is 7.02. The number of methoxy groups -OCH3 is 1. The minimum absolute atomic E-state index is 0.0316. The molecule has 0 bridgehead atoms. The number of amides is 3. The Kier molecular flexibility index (Phi) is 9.60. The number of rotatable bonds is 9. The molecule has 2 N–H and O–H groups in total. The molecule has 8 nitrogen and oxygen atoms in total. The fourth-order valence-corrected chi connectivity index (χ4v) is 3.74. The van der Waals surface area contributed by atoms with E-state index in [0.717, 1.165) is 12.8 Å². The largest absolute Gasteiger partial charge is 0.462 e. The molecule has 8 heteroatoms. The van der Waals surface area contributed by atoms with Crippen LogP contribution in [0.5, 0.6) is 0 Å². The molecule has 166 valence electrons. The molecule has 0 radical (unpaired) electrons. The molecule has 1 aromatic carbocycles. The Morgan fingerprint density at radius 2 is 2.00 bits per heavy atom. The fourth-order valence-electron chi connectivity index (χ4n) is 3.74. The van der Waals surface area contributed by atoms with E-state index in [1.165, 1.54) is 0 Å². The van der Waals surface area contributed by atoms with Crippen molar-refractivity contribution in [1.29, 1.82) is 0 Å². The van der Waals surface area contributed by atoms with Crippen molar-refractivity contribution < 1.29 is 23.9 Å². The number of ether oxygens (including phenoxy) is 2. The first kappa shape index (κ1) is 23.7. The van der Waals surface area contributed by atoms with Crippen LogP contribution in [0.1, 0.15) is 43.5 Å². The van der Waals surface area contributed by atoms with Gasteiger partial charge in [0.2, 0.25) is 5.91 Å². The second-order valence-electron chi connectivity index (χ2n) is 7.44. The van der Waals surface area contributed by atoms with Gasteiger partial charge >= 0.3 is 12.0 Å². The number of benzene rings is 1. The summed E-state index contributed by atoms with van der Waals surface area (Å²) >= 11 is 0. The SMILES string of the molecule is CCOC(=O)c1cccc(NC(=O)N2CC[C@@H](CC(=O)NCCOC)[C@@H](CC)C2)c1. The smallest absolute Gasteiger partial charge is 0.338 e. The van der Waals surface area contributed by atoms with Gasteiger partial charge in [0, 0.05) is 38.9 Å². The van der Waals surface area contributed by atoms with Crippen molar-refractivity contribution in [3.8, 4) is 0 Å². The quantitative estimate of drug-likeness (QED) is 0.474. The number of urea groups is 1. The summed E-state index contributed by atoms with van der Waals surface area (Å²) in [4.78, 5) is 38.6. The van der Waals surface area contributed by atoms with E-state index in [9.17, 15) is 14.4 Å². The normalized spacial score (nSPS) is 18.6. The average Bonchev–Trinajstić information content (AvgIpc) is 2.74. The van der Waals surface area contributed by atoms with E-state index in [-0.39, 0.29) is 23.8 Å². The molecule has 2 rings (SSSR count). The Balaban J connectivity index is 1.90. The number of nitrogens with one attached hydrogen (secondary N) is 2. The zero-order valence-corrected chi connectivity index (χ0v) is 18.1. The molecule has 1 aromatic rings. The van der Waals surface area contributed by atoms with Crippen molar-refractivity contribution in [2.24, 2.45) is 11.8 Å². The Hall–Kier alpha value is -2.61. The molecule has 0 saturated carbocycles. The van der Waals surface area contributed by atoms with Crippen molar-refractivity contribution in [3.05, 3.63) is 29.8 Å². The molecule has 1 heterocycles. The van der Waals surface area contributed by atoms with Crippen LogP contribution >= 0.6 is 0 Å². The van der Waals surface area contributed by atoms with Crippen LogP contribution in [-0.2, 0) is 14.3 Å². The Labute approximate surface area is 178 Å². The van der Waals surface area contributed by atoms with E-state index in [1.54, 1.807) is 43.2 Å². The van der Waals surface area contributed by atoms with E-state index in [1.807, 2.05) is 0 Å². The van der Waals surface area contributed by atoms with E-state index in [2.05, 4.69) is 17.6 Å². The van der Waals surface area contributed by atoms with Gasteiger partial charge in [-0.05, 0) is 43.4 Å². The Morgan fingerprint density at radius 1 is 1.20 bits per heavy atom. The number of hydrogen-bond acceptors (Lipinski definition) is 5. The van der Waals surface area contributed by atoms with Gasteiger partial charge in [-0.15, -0.1) is 0 Å². The summed E-state index contributed by atoms with van der Waals surface area (Å²) in [6, 6.07) is 6.53. The highest BCUT2D eigenvalue weighted by Crippen LogP contribution is 2.29. The molecule has 1 aliphatic rings. The zero-order chi connectivity index (χ0) is 21.9. The lowest BCUT2D eigenvalue weighted by atomic mass is 9.81. The molecule has 30 heavy (non-hydrogen) atoms. The molecule has 1 fully saturated rings. The maximum absolute atomic E-state index is 12.7. The standard InChI is InChI=1S/C22H33N3O5/c1-4-16-15-25(11-9-17(16)14-20(26)23-10-12-29-3)22(28)24-19-8-6-7-18(13-19)21(27)30-5-2/h6-8,13,16-17H,4-5,9-12,14-15H2,1-3H3,(H,23,26)(H,24,28)/t16-,17-/m0/s1. The molecule has 1 aliphatic heterocycles. The van der Waals surface area contributed by atoms with Gasteiger partial charge in [0.1, 0.15) is 0 Å². The van der Waals surface area contributed by atoms with Crippen LogP contribution in [0.25, 0.3) is 0 Å². The van der Waals surface area contributed by atoms with Gasteiger partial charge in [0.15, 0.2) is 0 Å². The summed E-state index contributed by atoms with van der Waals surface area (Å²) in [5.41, 5.74) is 0.956. The number of likely N-dealkylation sites (tertiary alicyclic amines) is 1. The number of carbonyl (C=O) groups excluding carboxylic acids is 3. The third-order valence-electron chi connectivity index (χ3n) is 5.40. The minimum Gasteiger partial charge on any atom is -0.462 e. The highest BCUT2D eigenvalue weighted by molar-refractivity contribution is 5.94. The predicted molar refractivity (Wildman–Crippen MR) is 114 cm³/mol. The first-order valence-electron chi connectivity index (χ1n) is 10.6. The molecule has 0 spiro atoms. The fraction of sp³-hybridized carbons (Fsp3) is 0.591. The number of esters is 1. The maximum Gasteiger partial charge on any atom is 0.338 e. The molecule has 3 amide bonds. The lowest BCUT2D eigenvalue weighted by Gasteiger charge is -2.38. The monoisotopic (exact) mass is 419 g/mol. The van der Waals surface area contributed by atoms with Gasteiger partial charge in [-0.2, -0.15) is 0 Å². The van der Waals surface area contributed by atoms with Gasteiger partial charge < -0.3 is 25.0 Å². The summed E-state index contributed by atoms with van der Waals surface area (Å²) < 4.78 is 9.96. The number of hydrogen-bond donors (Lipinski definition) is 2. The zero-order valence-electron chi connectivity index (χ0n) is 18.1. The third-order valence-corrected chi connectivity index (χ3v) is 5.40. The van der Waals surface area contributed by atoms with E-state index in [0.29, 0.717) is 50.5 Å². The molecular weight excluding hydrogens is 386 g/mol. The van der Waals surface area contributed by atoms with Crippen molar-refractivity contribution >= 4 is 23.6 Å². The average molecular weight is 420 g/mol. The second kappa shape index (κ2) is 12.2.